The molecule has 1 aliphatic heterocycles. The number of carbonyl (C=O) groups is 3. The van der Waals surface area contributed by atoms with E-state index in [-0.39, 0.29) is 11.7 Å². The largest absolute Gasteiger partial charge is 0.465 e. The Balaban J connectivity index is 0.000000468. The SMILES string of the molecule is C=C(Cl)/C=C\C=C(/F)C1[C@H](C(=O)N(CCC)c2ccc(C(=O)OC)cc2)CN(CC2CC2)C1(C)C.O=CNc1cccc(Cl)c1. The maximum Gasteiger partial charge on any atom is 0.337 e. The van der Waals surface area contributed by atoms with Gasteiger partial charge in [-0.25, -0.2) is 9.18 Å². The van der Waals surface area contributed by atoms with Crippen LogP contribution < -0.4 is 10.2 Å². The molecular formula is C35H42Cl2FN3O4. The average Bonchev–Trinajstić information content (AvgIpc) is 3.78. The summed E-state index contributed by atoms with van der Waals surface area (Å²) in [4.78, 5) is 39.8. The topological polar surface area (TPSA) is 79.0 Å². The van der Waals surface area contributed by atoms with Crippen molar-refractivity contribution in [2.75, 3.05) is 37.0 Å². The molecule has 1 saturated carbocycles. The van der Waals surface area contributed by atoms with Crippen molar-refractivity contribution in [3.05, 3.63) is 94.8 Å². The zero-order valence-electron chi connectivity index (χ0n) is 26.3. The van der Waals surface area contributed by atoms with Crippen LogP contribution in [0.1, 0.15) is 50.4 Å². The first-order chi connectivity index (χ1) is 21.4. The monoisotopic (exact) mass is 657 g/mol. The number of amides is 2. The van der Waals surface area contributed by atoms with Crippen LogP contribution in [0.3, 0.4) is 0 Å². The number of rotatable bonds is 12. The van der Waals surface area contributed by atoms with Crippen LogP contribution in [-0.4, -0.2) is 55.5 Å². The molecule has 4 rings (SSSR count). The summed E-state index contributed by atoms with van der Waals surface area (Å²) in [5.41, 5.74) is 1.28. The van der Waals surface area contributed by atoms with Crippen LogP contribution in [0.15, 0.2) is 84.2 Å². The maximum atomic E-state index is 15.7. The maximum absolute atomic E-state index is 15.7. The number of nitrogens with zero attached hydrogens (tertiary/aromatic N) is 2. The van der Waals surface area contributed by atoms with Crippen molar-refractivity contribution < 1.29 is 23.5 Å². The third kappa shape index (κ3) is 10.0. The van der Waals surface area contributed by atoms with Crippen molar-refractivity contribution >= 4 is 52.9 Å². The van der Waals surface area contributed by atoms with E-state index in [0.717, 1.165) is 13.0 Å². The number of likely N-dealkylation sites (tertiary alicyclic amines) is 1. The molecule has 45 heavy (non-hydrogen) atoms. The quantitative estimate of drug-likeness (QED) is 0.142. The molecule has 0 aromatic heterocycles. The molecule has 0 radical (unpaired) electrons. The fraction of sp³-hybridized carbons (Fsp3) is 0.400. The third-order valence-corrected chi connectivity index (χ3v) is 8.44. The van der Waals surface area contributed by atoms with Crippen LogP contribution in [0.5, 0.6) is 0 Å². The van der Waals surface area contributed by atoms with E-state index in [1.165, 1.54) is 32.1 Å². The number of carbonyl (C=O) groups excluding carboxylic acids is 3. The van der Waals surface area contributed by atoms with E-state index >= 15 is 4.39 Å². The Hall–Kier alpha value is -3.46. The normalized spacial score (nSPS) is 19.4. The Kier molecular flexibility index (Phi) is 13.4. The summed E-state index contributed by atoms with van der Waals surface area (Å²) in [5, 5.41) is 3.41. The second-order valence-corrected chi connectivity index (χ2v) is 12.7. The van der Waals surface area contributed by atoms with Crippen molar-refractivity contribution in [3.63, 3.8) is 0 Å². The number of hydrogen-bond donors (Lipinski definition) is 1. The van der Waals surface area contributed by atoms with Gasteiger partial charge in [-0.15, -0.1) is 0 Å². The van der Waals surface area contributed by atoms with Crippen LogP contribution in [0.2, 0.25) is 5.02 Å². The summed E-state index contributed by atoms with van der Waals surface area (Å²) in [6, 6.07) is 13.8. The highest BCUT2D eigenvalue weighted by atomic mass is 35.5. The second-order valence-electron chi connectivity index (χ2n) is 11.7. The van der Waals surface area contributed by atoms with Gasteiger partial charge >= 0.3 is 5.97 Å². The molecule has 0 bridgehead atoms. The van der Waals surface area contributed by atoms with Crippen LogP contribution in [0.25, 0.3) is 0 Å². The highest BCUT2D eigenvalue weighted by Crippen LogP contribution is 2.46. The number of allylic oxidation sites excluding steroid dienone is 4. The van der Waals surface area contributed by atoms with Gasteiger partial charge in [0.05, 0.1) is 18.6 Å². The number of esters is 1. The molecular weight excluding hydrogens is 616 g/mol. The molecule has 2 aromatic carbocycles. The number of halogens is 3. The van der Waals surface area contributed by atoms with Crippen molar-refractivity contribution in [2.24, 2.45) is 17.8 Å². The standard InChI is InChI=1S/C28H36ClFN2O3.C7H6ClNO/c1-6-16-32(22-14-12-21(13-15-22)27(34)35-5)26(33)23-18-31(17-20-10-11-20)28(3,4)25(23)24(30)9-7-8-19(2)29;8-6-2-1-3-7(4-6)9-5-10/h7-9,12-15,20,23,25H,2,6,10-11,16-18H2,1,3-5H3;1-5H,(H,9,10)/b8-7-,24-9-;/t23-,25?;/m1./s1. The van der Waals surface area contributed by atoms with Crippen molar-refractivity contribution in [2.45, 2.75) is 45.6 Å². The minimum absolute atomic E-state index is 0.108. The van der Waals surface area contributed by atoms with Gasteiger partial charge in [0.25, 0.3) is 0 Å². The van der Waals surface area contributed by atoms with Gasteiger partial charge in [0.2, 0.25) is 12.3 Å². The zero-order chi connectivity index (χ0) is 33.1. The lowest BCUT2D eigenvalue weighted by molar-refractivity contribution is -0.123. The summed E-state index contributed by atoms with van der Waals surface area (Å²) < 4.78 is 20.5. The Morgan fingerprint density at radius 2 is 1.89 bits per heavy atom. The Bertz CT molecular complexity index is 1410. The molecule has 0 spiro atoms. The Labute approximate surface area is 275 Å². The van der Waals surface area contributed by atoms with Crippen LogP contribution >= 0.6 is 23.2 Å². The number of nitrogens with one attached hydrogen (secondary N) is 1. The Morgan fingerprint density at radius 3 is 2.44 bits per heavy atom. The molecule has 7 nitrogen and oxygen atoms in total. The number of anilines is 2. The van der Waals surface area contributed by atoms with Gasteiger partial charge in [-0.1, -0.05) is 48.8 Å². The predicted octanol–water partition coefficient (Wildman–Crippen LogP) is 8.02. The molecule has 1 heterocycles. The number of methoxy groups -OCH3 is 1. The van der Waals surface area contributed by atoms with E-state index < -0.39 is 23.3 Å². The van der Waals surface area contributed by atoms with Gasteiger partial charge in [-0.3, -0.25) is 14.5 Å². The molecule has 2 amide bonds. The molecule has 10 heteroatoms. The van der Waals surface area contributed by atoms with Crippen LogP contribution in [0, 0.1) is 17.8 Å². The minimum atomic E-state index is -0.601. The molecule has 242 valence electrons. The fourth-order valence-corrected chi connectivity index (χ4v) is 5.88. The first-order valence-electron chi connectivity index (χ1n) is 15.0. The van der Waals surface area contributed by atoms with Crippen LogP contribution in [0.4, 0.5) is 15.8 Å². The zero-order valence-corrected chi connectivity index (χ0v) is 27.8. The summed E-state index contributed by atoms with van der Waals surface area (Å²) in [6.07, 6.45) is 8.21. The lowest BCUT2D eigenvalue weighted by Crippen LogP contribution is -2.44. The Morgan fingerprint density at radius 1 is 1.20 bits per heavy atom. The molecule has 2 fully saturated rings. The lowest BCUT2D eigenvalue weighted by Gasteiger charge is -2.36. The summed E-state index contributed by atoms with van der Waals surface area (Å²) in [7, 11) is 1.33. The molecule has 1 aliphatic carbocycles. The molecule has 1 N–H and O–H groups in total. The highest BCUT2D eigenvalue weighted by Gasteiger charge is 2.53. The molecule has 2 atom stereocenters. The fourth-order valence-electron chi connectivity index (χ4n) is 5.62. The lowest BCUT2D eigenvalue weighted by atomic mass is 9.80. The highest BCUT2D eigenvalue weighted by molar-refractivity contribution is 6.31. The van der Waals surface area contributed by atoms with Gasteiger partial charge in [0, 0.05) is 52.5 Å². The minimum Gasteiger partial charge on any atom is -0.465 e. The molecule has 2 aromatic rings. The van der Waals surface area contributed by atoms with E-state index in [1.807, 2.05) is 20.8 Å². The van der Waals surface area contributed by atoms with Gasteiger partial charge in [0.1, 0.15) is 5.83 Å². The second kappa shape index (κ2) is 16.7. The van der Waals surface area contributed by atoms with E-state index in [4.69, 9.17) is 27.9 Å². The van der Waals surface area contributed by atoms with E-state index in [2.05, 4.69) is 16.8 Å². The van der Waals surface area contributed by atoms with Gasteiger partial charge in [0.15, 0.2) is 0 Å². The third-order valence-electron chi connectivity index (χ3n) is 8.08. The van der Waals surface area contributed by atoms with Crippen molar-refractivity contribution in [1.29, 1.82) is 0 Å². The van der Waals surface area contributed by atoms with Crippen molar-refractivity contribution in [1.82, 2.24) is 4.90 Å². The van der Waals surface area contributed by atoms with Gasteiger partial charge in [-0.2, -0.15) is 0 Å². The number of benzene rings is 2. The smallest absolute Gasteiger partial charge is 0.337 e. The molecule has 1 unspecified atom stereocenters. The summed E-state index contributed by atoms with van der Waals surface area (Å²) in [5.74, 6) is -1.40. The van der Waals surface area contributed by atoms with E-state index in [1.54, 1.807) is 59.5 Å². The number of ether oxygens (including phenoxy) is 1. The van der Waals surface area contributed by atoms with Crippen LogP contribution in [-0.2, 0) is 14.3 Å². The van der Waals surface area contributed by atoms with Gasteiger partial charge < -0.3 is 15.0 Å². The van der Waals surface area contributed by atoms with E-state index in [0.29, 0.717) is 52.4 Å². The van der Waals surface area contributed by atoms with E-state index in [9.17, 15) is 14.4 Å². The molecule has 1 saturated heterocycles. The average molecular weight is 659 g/mol. The summed E-state index contributed by atoms with van der Waals surface area (Å²) >= 11 is 11.4. The first kappa shape index (κ1) is 36.0. The predicted molar refractivity (Wildman–Crippen MR) is 180 cm³/mol. The first-order valence-corrected chi connectivity index (χ1v) is 15.8. The van der Waals surface area contributed by atoms with Crippen molar-refractivity contribution in [3.8, 4) is 0 Å². The van der Waals surface area contributed by atoms with Gasteiger partial charge in [-0.05, 0) is 93.6 Å². The molecule has 2 aliphatic rings. The summed E-state index contributed by atoms with van der Waals surface area (Å²) in [6.45, 7) is 11.5. The number of hydrogen-bond acceptors (Lipinski definition) is 5.